The minimum absolute atomic E-state index is 0.112. The molecule has 0 unspecified atom stereocenters. The van der Waals surface area contributed by atoms with Crippen molar-refractivity contribution < 1.29 is 9.13 Å². The number of nitrogens with zero attached hydrogens (tertiary/aromatic N) is 7. The van der Waals surface area contributed by atoms with Gasteiger partial charge < -0.3 is 15.0 Å². The van der Waals surface area contributed by atoms with Gasteiger partial charge in [0.15, 0.2) is 11.6 Å². The molecule has 0 saturated carbocycles. The molecule has 11 heteroatoms. The average molecular weight is 474 g/mol. The molecule has 0 amide bonds. The highest BCUT2D eigenvalue weighted by Gasteiger charge is 2.17. The lowest BCUT2D eigenvalue weighted by Crippen LogP contribution is -2.37. The predicted molar refractivity (Wildman–Crippen MR) is 130 cm³/mol. The van der Waals surface area contributed by atoms with E-state index in [1.165, 1.54) is 0 Å². The van der Waals surface area contributed by atoms with Crippen LogP contribution in [-0.4, -0.2) is 51.5 Å². The minimum atomic E-state index is -0.484. The molecular formula is C24H24FN9O. The number of anilines is 3. The highest BCUT2D eigenvalue weighted by Crippen LogP contribution is 2.26. The molecule has 1 saturated heterocycles. The summed E-state index contributed by atoms with van der Waals surface area (Å²) in [5.74, 6) is -0.152. The molecule has 35 heavy (non-hydrogen) atoms. The van der Waals surface area contributed by atoms with Gasteiger partial charge in [-0.3, -0.25) is 10.1 Å². The molecule has 4 heterocycles. The summed E-state index contributed by atoms with van der Waals surface area (Å²) in [5, 5.41) is 18.4. The summed E-state index contributed by atoms with van der Waals surface area (Å²) in [4.78, 5) is 14.4. The first-order valence-corrected chi connectivity index (χ1v) is 11.2. The summed E-state index contributed by atoms with van der Waals surface area (Å²) in [6, 6.07) is 10.0. The second-order valence-corrected chi connectivity index (χ2v) is 8.02. The molecule has 3 aromatic heterocycles. The van der Waals surface area contributed by atoms with E-state index < -0.39 is 5.82 Å². The molecule has 0 atom stereocenters. The van der Waals surface area contributed by atoms with Crippen molar-refractivity contribution in [2.75, 3.05) is 36.5 Å². The van der Waals surface area contributed by atoms with Crippen LogP contribution in [0.2, 0.25) is 0 Å². The number of aromatic amines is 1. The molecule has 1 fully saturated rings. The molecule has 0 radical (unpaired) electrons. The van der Waals surface area contributed by atoms with Gasteiger partial charge in [-0.05, 0) is 42.3 Å². The predicted octanol–water partition coefficient (Wildman–Crippen LogP) is 4.57. The van der Waals surface area contributed by atoms with Crippen LogP contribution in [0.5, 0.6) is 0 Å². The Labute approximate surface area is 201 Å². The van der Waals surface area contributed by atoms with Gasteiger partial charge in [-0.2, -0.15) is 15.2 Å². The van der Waals surface area contributed by atoms with E-state index in [0.29, 0.717) is 26.3 Å². The van der Waals surface area contributed by atoms with Crippen LogP contribution in [0.3, 0.4) is 0 Å². The van der Waals surface area contributed by atoms with Crippen molar-refractivity contribution in [1.82, 2.24) is 25.1 Å². The van der Waals surface area contributed by atoms with Gasteiger partial charge in [0.25, 0.3) is 5.95 Å². The van der Waals surface area contributed by atoms with E-state index >= 15 is 0 Å². The molecule has 0 bridgehead atoms. The van der Waals surface area contributed by atoms with Crippen molar-refractivity contribution >= 4 is 23.1 Å². The molecule has 4 aromatic rings. The molecule has 10 nitrogen and oxygen atoms in total. The van der Waals surface area contributed by atoms with E-state index in [9.17, 15) is 4.39 Å². The molecule has 0 spiro atoms. The fraction of sp³-hybridized carbons (Fsp3) is 0.250. The lowest BCUT2D eigenvalue weighted by Gasteiger charge is -2.27. The first-order chi connectivity index (χ1) is 17.2. The summed E-state index contributed by atoms with van der Waals surface area (Å²) in [6.45, 7) is 4.52. The van der Waals surface area contributed by atoms with Crippen LogP contribution in [-0.2, 0) is 11.3 Å². The number of H-pyrrole nitrogens is 1. The van der Waals surface area contributed by atoms with Crippen molar-refractivity contribution in [3.63, 3.8) is 0 Å². The highest BCUT2D eigenvalue weighted by atomic mass is 19.1. The third kappa shape index (κ3) is 5.46. The topological polar surface area (TPSA) is 117 Å². The zero-order valence-corrected chi connectivity index (χ0v) is 19.1. The minimum Gasteiger partial charge on any atom is -0.378 e. The number of hydrogen-bond donors (Lipinski definition) is 2. The first-order valence-electron chi connectivity index (χ1n) is 11.2. The fourth-order valence-corrected chi connectivity index (χ4v) is 3.70. The van der Waals surface area contributed by atoms with Gasteiger partial charge in [0, 0.05) is 30.5 Å². The van der Waals surface area contributed by atoms with Gasteiger partial charge in [0.05, 0.1) is 43.2 Å². The number of pyridine rings is 1. The number of halogens is 1. The van der Waals surface area contributed by atoms with Crippen LogP contribution in [0.15, 0.2) is 65.3 Å². The quantitative estimate of drug-likeness (QED) is 0.378. The number of benzene rings is 1. The Kier molecular flexibility index (Phi) is 6.66. The Bertz CT molecular complexity index is 1300. The van der Waals surface area contributed by atoms with E-state index in [4.69, 9.17) is 4.74 Å². The zero-order chi connectivity index (χ0) is 24.0. The summed E-state index contributed by atoms with van der Waals surface area (Å²) in [7, 11) is 0. The number of nitrogens with one attached hydrogen (secondary N) is 2. The van der Waals surface area contributed by atoms with E-state index in [2.05, 4.69) is 53.7 Å². The van der Waals surface area contributed by atoms with Gasteiger partial charge in [0.2, 0.25) is 0 Å². The Hall–Kier alpha value is -4.25. The number of aromatic nitrogens is 5. The zero-order valence-electron chi connectivity index (χ0n) is 19.1. The number of morpholine rings is 1. The molecule has 1 aliphatic heterocycles. The maximum atomic E-state index is 14.1. The van der Waals surface area contributed by atoms with Gasteiger partial charge in [-0.1, -0.05) is 6.07 Å². The second-order valence-electron chi connectivity index (χ2n) is 8.02. The summed E-state index contributed by atoms with van der Waals surface area (Å²) >= 11 is 0. The third-order valence-corrected chi connectivity index (χ3v) is 5.58. The Morgan fingerprint density at radius 1 is 1.09 bits per heavy atom. The second kappa shape index (κ2) is 10.3. The Balaban J connectivity index is 1.20. The average Bonchev–Trinajstić information content (AvgIpc) is 3.43. The van der Waals surface area contributed by atoms with Crippen molar-refractivity contribution in [2.45, 2.75) is 13.5 Å². The van der Waals surface area contributed by atoms with E-state index in [1.54, 1.807) is 12.4 Å². The van der Waals surface area contributed by atoms with E-state index in [1.807, 2.05) is 35.4 Å². The highest BCUT2D eigenvalue weighted by molar-refractivity contribution is 5.70. The maximum Gasteiger partial charge on any atom is 0.270 e. The van der Waals surface area contributed by atoms with E-state index in [-0.39, 0.29) is 18.3 Å². The molecule has 2 N–H and O–H groups in total. The molecule has 0 aliphatic carbocycles. The normalized spacial score (nSPS) is 13.9. The lowest BCUT2D eigenvalue weighted by atomic mass is 10.1. The number of hydrogen-bond acceptors (Lipinski definition) is 9. The molecule has 1 aliphatic rings. The van der Waals surface area contributed by atoms with E-state index in [0.717, 1.165) is 40.0 Å². The largest absolute Gasteiger partial charge is 0.378 e. The van der Waals surface area contributed by atoms with Crippen molar-refractivity contribution in [3.05, 3.63) is 72.2 Å². The number of aryl methyl sites for hydroxylation is 1. The van der Waals surface area contributed by atoms with Crippen LogP contribution in [0.25, 0.3) is 11.1 Å². The smallest absolute Gasteiger partial charge is 0.270 e. The monoisotopic (exact) mass is 473 g/mol. The molecule has 178 valence electrons. The lowest BCUT2D eigenvalue weighted by molar-refractivity contribution is 0.122. The summed E-state index contributed by atoms with van der Waals surface area (Å²) in [5.41, 5.74) is 5.85. The SMILES string of the molecule is Cc1cc(-c2cn[nH]c2)ccc1Nc1ccc(CN=Nc2ncc(F)c(N3CCOCC3)n2)nc1. The van der Waals surface area contributed by atoms with Gasteiger partial charge in [0.1, 0.15) is 6.54 Å². The number of azo groups is 1. The Morgan fingerprint density at radius 3 is 2.71 bits per heavy atom. The van der Waals surface area contributed by atoms with Crippen LogP contribution in [0.4, 0.5) is 27.5 Å². The molecular weight excluding hydrogens is 449 g/mol. The maximum absolute atomic E-state index is 14.1. The first kappa shape index (κ1) is 22.5. The summed E-state index contributed by atoms with van der Waals surface area (Å²) in [6.07, 6.45) is 6.54. The number of ether oxygens (including phenoxy) is 1. The van der Waals surface area contributed by atoms with Crippen LogP contribution in [0, 0.1) is 12.7 Å². The molecule has 1 aromatic carbocycles. The van der Waals surface area contributed by atoms with Crippen LogP contribution >= 0.6 is 0 Å². The van der Waals surface area contributed by atoms with Gasteiger partial charge in [-0.25, -0.2) is 9.37 Å². The van der Waals surface area contributed by atoms with Crippen LogP contribution < -0.4 is 10.2 Å². The van der Waals surface area contributed by atoms with Gasteiger partial charge in [-0.15, -0.1) is 5.11 Å². The van der Waals surface area contributed by atoms with Crippen molar-refractivity contribution in [1.29, 1.82) is 0 Å². The third-order valence-electron chi connectivity index (χ3n) is 5.58. The summed E-state index contributed by atoms with van der Waals surface area (Å²) < 4.78 is 19.5. The van der Waals surface area contributed by atoms with Crippen molar-refractivity contribution in [2.24, 2.45) is 10.2 Å². The van der Waals surface area contributed by atoms with Crippen molar-refractivity contribution in [3.8, 4) is 11.1 Å². The fourth-order valence-electron chi connectivity index (χ4n) is 3.70. The Morgan fingerprint density at radius 2 is 1.97 bits per heavy atom. The standard InChI is InChI=1S/C24H24FN9O/c1-16-10-17(18-11-28-29-12-18)2-5-22(16)31-20-4-3-19(26-13-20)14-30-33-24-27-15-21(25)23(32-24)34-6-8-35-9-7-34/h2-5,10-13,15,31H,6-9,14H2,1H3,(H,28,29). The van der Waals surface area contributed by atoms with Gasteiger partial charge >= 0.3 is 0 Å². The molecule has 5 rings (SSSR count). The van der Waals surface area contributed by atoms with Crippen LogP contribution in [0.1, 0.15) is 11.3 Å². The number of rotatable bonds is 7.